The minimum atomic E-state index is -0.360. The van der Waals surface area contributed by atoms with Crippen molar-refractivity contribution in [3.05, 3.63) is 59.7 Å². The molecule has 3 aromatic heterocycles. The van der Waals surface area contributed by atoms with Crippen LogP contribution in [0, 0.1) is 13.8 Å². The van der Waals surface area contributed by atoms with Gasteiger partial charge in [-0.05, 0) is 32.0 Å². The largest absolute Gasteiger partial charge is 0.459 e. The molecule has 0 saturated carbocycles. The van der Waals surface area contributed by atoms with Crippen LogP contribution in [0.5, 0.6) is 0 Å². The van der Waals surface area contributed by atoms with Crippen molar-refractivity contribution in [2.45, 2.75) is 13.8 Å². The summed E-state index contributed by atoms with van der Waals surface area (Å²) in [6.45, 7) is 3.83. The molecule has 4 aromatic rings. The summed E-state index contributed by atoms with van der Waals surface area (Å²) >= 11 is 1.27. The third-order valence-corrected chi connectivity index (χ3v) is 4.72. The molecule has 0 bridgehead atoms. The Balaban J connectivity index is 1.59. The molecule has 0 radical (unpaired) electrons. The predicted octanol–water partition coefficient (Wildman–Crippen LogP) is 4.32. The minimum absolute atomic E-state index is 0.221. The molecule has 1 aromatic carbocycles. The lowest BCUT2D eigenvalue weighted by atomic mass is 10.1. The fourth-order valence-corrected chi connectivity index (χ4v) is 3.32. The van der Waals surface area contributed by atoms with Crippen LogP contribution in [-0.4, -0.2) is 21.0 Å². The van der Waals surface area contributed by atoms with Crippen LogP contribution in [0.4, 0.5) is 5.13 Å². The predicted molar refractivity (Wildman–Crippen MR) is 97.0 cm³/mol. The summed E-state index contributed by atoms with van der Waals surface area (Å²) in [6.07, 6.45) is 1.44. The first-order chi connectivity index (χ1) is 12.6. The average molecular weight is 366 g/mol. The number of carbonyl (C=O) groups is 1. The van der Waals surface area contributed by atoms with Crippen molar-refractivity contribution in [2.24, 2.45) is 0 Å². The van der Waals surface area contributed by atoms with E-state index in [-0.39, 0.29) is 11.7 Å². The molecule has 0 atom stereocenters. The maximum absolute atomic E-state index is 12.1. The monoisotopic (exact) mass is 366 g/mol. The first-order valence-electron chi connectivity index (χ1n) is 7.83. The zero-order valence-corrected chi connectivity index (χ0v) is 14.8. The normalized spacial score (nSPS) is 10.8. The maximum atomic E-state index is 12.1. The summed E-state index contributed by atoms with van der Waals surface area (Å²) in [5, 5.41) is 7.19. The quantitative estimate of drug-likeness (QED) is 0.578. The highest BCUT2D eigenvalue weighted by Gasteiger charge is 2.19. The van der Waals surface area contributed by atoms with Crippen molar-refractivity contribution in [1.82, 2.24) is 15.1 Å². The van der Waals surface area contributed by atoms with Gasteiger partial charge in [0.05, 0.1) is 12.0 Å². The average Bonchev–Trinajstić information content (AvgIpc) is 3.35. The molecule has 0 aliphatic rings. The van der Waals surface area contributed by atoms with Gasteiger partial charge in [-0.1, -0.05) is 40.3 Å². The summed E-state index contributed by atoms with van der Waals surface area (Å²) in [6, 6.07) is 11.1. The molecule has 26 heavy (non-hydrogen) atoms. The highest BCUT2D eigenvalue weighted by Crippen LogP contribution is 2.33. The smallest absolute Gasteiger partial charge is 0.293 e. The zero-order chi connectivity index (χ0) is 18.1. The molecular weight excluding hydrogens is 352 g/mol. The SMILES string of the molecule is Cc1cccc(-c2noc(-c3sc(NC(=O)c4ccco4)nc3C)n2)c1. The molecule has 7 nitrogen and oxygen atoms in total. The minimum Gasteiger partial charge on any atom is -0.459 e. The number of carbonyl (C=O) groups excluding carboxylic acids is 1. The Hall–Kier alpha value is -3.26. The van der Waals surface area contributed by atoms with Crippen LogP contribution >= 0.6 is 11.3 Å². The number of thiazole rings is 1. The summed E-state index contributed by atoms with van der Waals surface area (Å²) < 4.78 is 10.5. The summed E-state index contributed by atoms with van der Waals surface area (Å²) in [7, 11) is 0. The Kier molecular flexibility index (Phi) is 4.10. The molecule has 3 heterocycles. The van der Waals surface area contributed by atoms with Gasteiger partial charge in [0, 0.05) is 5.56 Å². The van der Waals surface area contributed by atoms with Gasteiger partial charge in [-0.15, -0.1) is 0 Å². The van der Waals surface area contributed by atoms with Crippen LogP contribution in [0.1, 0.15) is 21.8 Å². The van der Waals surface area contributed by atoms with E-state index in [1.54, 1.807) is 12.1 Å². The Morgan fingerprint density at radius 1 is 1.15 bits per heavy atom. The number of aromatic nitrogens is 3. The van der Waals surface area contributed by atoms with Gasteiger partial charge in [-0.2, -0.15) is 4.98 Å². The van der Waals surface area contributed by atoms with Gasteiger partial charge >= 0.3 is 0 Å². The molecule has 8 heteroatoms. The van der Waals surface area contributed by atoms with Crippen LogP contribution < -0.4 is 5.32 Å². The number of amides is 1. The van der Waals surface area contributed by atoms with E-state index in [4.69, 9.17) is 8.94 Å². The van der Waals surface area contributed by atoms with E-state index in [1.807, 2.05) is 38.1 Å². The van der Waals surface area contributed by atoms with Crippen molar-refractivity contribution in [3.63, 3.8) is 0 Å². The second-order valence-electron chi connectivity index (χ2n) is 5.66. The summed E-state index contributed by atoms with van der Waals surface area (Å²) in [4.78, 5) is 21.6. The van der Waals surface area contributed by atoms with Gasteiger partial charge in [0.1, 0.15) is 4.88 Å². The third-order valence-electron chi connectivity index (χ3n) is 3.66. The van der Waals surface area contributed by atoms with E-state index >= 15 is 0 Å². The number of nitrogens with zero attached hydrogens (tertiary/aromatic N) is 3. The van der Waals surface area contributed by atoms with Gasteiger partial charge < -0.3 is 8.94 Å². The molecule has 0 spiro atoms. The van der Waals surface area contributed by atoms with Gasteiger partial charge in [0.25, 0.3) is 11.8 Å². The highest BCUT2D eigenvalue weighted by atomic mass is 32.1. The molecule has 0 unspecified atom stereocenters. The van der Waals surface area contributed by atoms with Crippen molar-refractivity contribution in [2.75, 3.05) is 5.32 Å². The van der Waals surface area contributed by atoms with Gasteiger partial charge in [-0.25, -0.2) is 4.98 Å². The van der Waals surface area contributed by atoms with E-state index in [0.717, 1.165) is 11.1 Å². The Labute approximate surface area is 152 Å². The van der Waals surface area contributed by atoms with Crippen LogP contribution in [0.3, 0.4) is 0 Å². The van der Waals surface area contributed by atoms with Crippen LogP contribution in [0.15, 0.2) is 51.6 Å². The van der Waals surface area contributed by atoms with E-state index in [2.05, 4.69) is 20.4 Å². The molecule has 130 valence electrons. The molecule has 0 aliphatic carbocycles. The number of aryl methyl sites for hydroxylation is 2. The van der Waals surface area contributed by atoms with E-state index in [1.165, 1.54) is 17.6 Å². The van der Waals surface area contributed by atoms with E-state index in [9.17, 15) is 4.79 Å². The molecule has 1 N–H and O–H groups in total. The number of hydrogen-bond acceptors (Lipinski definition) is 7. The zero-order valence-electron chi connectivity index (χ0n) is 14.0. The highest BCUT2D eigenvalue weighted by molar-refractivity contribution is 7.19. The second-order valence-corrected chi connectivity index (χ2v) is 6.66. The van der Waals surface area contributed by atoms with E-state index < -0.39 is 0 Å². The lowest BCUT2D eigenvalue weighted by Gasteiger charge is -1.96. The summed E-state index contributed by atoms with van der Waals surface area (Å²) in [5.41, 5.74) is 2.70. The Bertz CT molecular complexity index is 1070. The topological polar surface area (TPSA) is 94.1 Å². The van der Waals surface area contributed by atoms with Crippen LogP contribution in [0.2, 0.25) is 0 Å². The van der Waals surface area contributed by atoms with Crippen molar-refractivity contribution >= 4 is 22.4 Å². The number of benzene rings is 1. The number of anilines is 1. The lowest BCUT2D eigenvalue weighted by Crippen LogP contribution is -2.10. The first-order valence-corrected chi connectivity index (χ1v) is 8.65. The third kappa shape index (κ3) is 3.14. The Morgan fingerprint density at radius 2 is 2.04 bits per heavy atom. The number of hydrogen-bond donors (Lipinski definition) is 1. The molecule has 0 aliphatic heterocycles. The number of rotatable bonds is 4. The molecule has 0 fully saturated rings. The van der Waals surface area contributed by atoms with Crippen molar-refractivity contribution in [1.29, 1.82) is 0 Å². The molecule has 4 rings (SSSR count). The van der Waals surface area contributed by atoms with E-state index in [0.29, 0.717) is 27.4 Å². The molecule has 0 saturated heterocycles. The first kappa shape index (κ1) is 16.2. The number of furan rings is 1. The Morgan fingerprint density at radius 3 is 2.81 bits per heavy atom. The molecular formula is C18H14N4O3S. The second kappa shape index (κ2) is 6.57. The maximum Gasteiger partial charge on any atom is 0.293 e. The van der Waals surface area contributed by atoms with Gasteiger partial charge in [-0.3, -0.25) is 10.1 Å². The lowest BCUT2D eigenvalue weighted by molar-refractivity contribution is 0.0996. The molecule has 1 amide bonds. The fraction of sp³-hybridized carbons (Fsp3) is 0.111. The van der Waals surface area contributed by atoms with Gasteiger partial charge in [0.2, 0.25) is 5.82 Å². The standard InChI is InChI=1S/C18H14N4O3S/c1-10-5-3-6-12(9-10)15-20-17(25-22-15)14-11(2)19-18(26-14)21-16(23)13-7-4-8-24-13/h3-9H,1-2H3,(H,19,21,23). The van der Waals surface area contributed by atoms with Crippen LogP contribution in [0.25, 0.3) is 22.2 Å². The van der Waals surface area contributed by atoms with Gasteiger partial charge in [0.15, 0.2) is 10.9 Å². The summed E-state index contributed by atoms with van der Waals surface area (Å²) in [5.74, 6) is 0.743. The van der Waals surface area contributed by atoms with Crippen molar-refractivity contribution < 1.29 is 13.7 Å². The number of nitrogens with one attached hydrogen (secondary N) is 1. The van der Waals surface area contributed by atoms with Crippen molar-refractivity contribution in [3.8, 4) is 22.2 Å². The fourth-order valence-electron chi connectivity index (χ4n) is 2.43. The van der Waals surface area contributed by atoms with Crippen LogP contribution in [-0.2, 0) is 0 Å².